The molecule has 0 saturated carbocycles. The first-order valence-corrected chi connectivity index (χ1v) is 7.16. The molecular weight excluding hydrogens is 254 g/mol. The summed E-state index contributed by atoms with van der Waals surface area (Å²) in [6.07, 6.45) is 0.379. The first kappa shape index (κ1) is 13.8. The number of benzene rings is 1. The summed E-state index contributed by atoms with van der Waals surface area (Å²) in [4.78, 5) is 0. The van der Waals surface area contributed by atoms with Gasteiger partial charge in [-0.3, -0.25) is 0 Å². The molecule has 1 heterocycles. The van der Waals surface area contributed by atoms with E-state index in [1.165, 1.54) is 12.1 Å². The van der Waals surface area contributed by atoms with Crippen molar-refractivity contribution < 1.29 is 13.9 Å². The molecular formula is C14H18F2OS. The Balaban J connectivity index is 2.50. The maximum Gasteiger partial charge on any atom is 0.135 e. The minimum atomic E-state index is -1.41. The highest BCUT2D eigenvalue weighted by atomic mass is 32.2. The molecule has 0 spiro atoms. The summed E-state index contributed by atoms with van der Waals surface area (Å²) in [5.41, 5.74) is -1.33. The average Bonchev–Trinajstić information content (AvgIpc) is 2.22. The molecule has 2 rings (SSSR count). The van der Waals surface area contributed by atoms with Crippen molar-refractivity contribution >= 4 is 11.8 Å². The van der Waals surface area contributed by atoms with Gasteiger partial charge in [0.1, 0.15) is 17.2 Å². The third-order valence-corrected chi connectivity index (χ3v) is 5.02. The molecule has 1 unspecified atom stereocenters. The van der Waals surface area contributed by atoms with Crippen LogP contribution in [0.1, 0.15) is 31.4 Å². The van der Waals surface area contributed by atoms with E-state index in [2.05, 4.69) is 0 Å². The van der Waals surface area contributed by atoms with Crippen LogP contribution in [0.3, 0.4) is 0 Å². The molecule has 0 aliphatic carbocycles. The Morgan fingerprint density at radius 2 is 1.89 bits per heavy atom. The Kier molecular flexibility index (Phi) is 3.45. The van der Waals surface area contributed by atoms with Gasteiger partial charge in [0.05, 0.1) is 5.56 Å². The van der Waals surface area contributed by atoms with E-state index < -0.39 is 17.2 Å². The topological polar surface area (TPSA) is 20.2 Å². The Hall–Kier alpha value is -0.610. The quantitative estimate of drug-likeness (QED) is 0.842. The van der Waals surface area contributed by atoms with Crippen LogP contribution in [-0.4, -0.2) is 16.6 Å². The molecule has 1 nitrogen and oxygen atoms in total. The predicted octanol–water partition coefficient (Wildman–Crippen LogP) is 3.62. The summed E-state index contributed by atoms with van der Waals surface area (Å²) in [5, 5.41) is 10.7. The van der Waals surface area contributed by atoms with E-state index in [0.29, 0.717) is 17.7 Å². The molecule has 1 N–H and O–H groups in total. The van der Waals surface area contributed by atoms with E-state index >= 15 is 0 Å². The fourth-order valence-electron chi connectivity index (χ4n) is 2.63. The third kappa shape index (κ3) is 2.41. The normalized spacial score (nSPS) is 27.2. The van der Waals surface area contributed by atoms with Gasteiger partial charge in [-0.05, 0) is 36.1 Å². The SMILES string of the molecule is Cc1ccc(F)c(C2(O)CSCC(C)(C)C2)c1F. The summed E-state index contributed by atoms with van der Waals surface area (Å²) in [6, 6.07) is 2.64. The van der Waals surface area contributed by atoms with E-state index in [4.69, 9.17) is 0 Å². The van der Waals surface area contributed by atoms with Crippen LogP contribution in [-0.2, 0) is 5.60 Å². The standard InChI is InChI=1S/C14H18F2OS/c1-9-4-5-10(15)11(12(9)16)14(17)6-13(2,3)7-18-8-14/h4-5,17H,6-8H2,1-3H3. The van der Waals surface area contributed by atoms with Crippen LogP contribution in [0.15, 0.2) is 12.1 Å². The van der Waals surface area contributed by atoms with E-state index in [-0.39, 0.29) is 11.0 Å². The smallest absolute Gasteiger partial charge is 0.135 e. The van der Waals surface area contributed by atoms with Gasteiger partial charge < -0.3 is 5.11 Å². The lowest BCUT2D eigenvalue weighted by Crippen LogP contribution is -2.41. The molecule has 1 aromatic carbocycles. The predicted molar refractivity (Wildman–Crippen MR) is 70.7 cm³/mol. The molecule has 1 aromatic rings. The van der Waals surface area contributed by atoms with Crippen LogP contribution in [0.4, 0.5) is 8.78 Å². The van der Waals surface area contributed by atoms with Crippen molar-refractivity contribution in [1.82, 2.24) is 0 Å². The molecule has 0 aromatic heterocycles. The number of halogens is 2. The second-order valence-corrected chi connectivity index (χ2v) is 6.90. The molecule has 1 atom stereocenters. The van der Waals surface area contributed by atoms with Crippen molar-refractivity contribution in [2.45, 2.75) is 32.8 Å². The number of hydrogen-bond donors (Lipinski definition) is 1. The van der Waals surface area contributed by atoms with Crippen LogP contribution in [0.5, 0.6) is 0 Å². The number of hydrogen-bond acceptors (Lipinski definition) is 2. The molecule has 1 aliphatic heterocycles. The van der Waals surface area contributed by atoms with Gasteiger partial charge in [0, 0.05) is 5.75 Å². The van der Waals surface area contributed by atoms with Gasteiger partial charge in [-0.2, -0.15) is 11.8 Å². The summed E-state index contributed by atoms with van der Waals surface area (Å²) < 4.78 is 28.0. The fraction of sp³-hybridized carbons (Fsp3) is 0.571. The Labute approximate surface area is 111 Å². The monoisotopic (exact) mass is 272 g/mol. The summed E-state index contributed by atoms with van der Waals surface area (Å²) in [5.74, 6) is -0.0346. The number of thioether (sulfide) groups is 1. The molecule has 1 aliphatic rings. The summed E-state index contributed by atoms with van der Waals surface area (Å²) in [7, 11) is 0. The molecule has 100 valence electrons. The molecule has 0 amide bonds. The van der Waals surface area contributed by atoms with Crippen molar-refractivity contribution in [2.24, 2.45) is 5.41 Å². The van der Waals surface area contributed by atoms with Crippen LogP contribution >= 0.6 is 11.8 Å². The summed E-state index contributed by atoms with van der Waals surface area (Å²) in [6.45, 7) is 5.61. The molecule has 0 bridgehead atoms. The van der Waals surface area contributed by atoms with Gasteiger partial charge in [-0.1, -0.05) is 19.9 Å². The molecule has 18 heavy (non-hydrogen) atoms. The zero-order valence-electron chi connectivity index (χ0n) is 10.9. The van der Waals surface area contributed by atoms with Gasteiger partial charge in [-0.25, -0.2) is 8.78 Å². The first-order valence-electron chi connectivity index (χ1n) is 6.00. The van der Waals surface area contributed by atoms with Crippen molar-refractivity contribution in [3.8, 4) is 0 Å². The maximum atomic E-state index is 14.1. The lowest BCUT2D eigenvalue weighted by molar-refractivity contribution is 0.00919. The highest BCUT2D eigenvalue weighted by molar-refractivity contribution is 7.99. The van der Waals surface area contributed by atoms with Crippen molar-refractivity contribution in [3.05, 3.63) is 34.9 Å². The highest BCUT2D eigenvalue weighted by Crippen LogP contribution is 2.45. The molecule has 4 heteroatoms. The van der Waals surface area contributed by atoms with E-state index in [1.54, 1.807) is 18.7 Å². The maximum absolute atomic E-state index is 14.1. The zero-order valence-corrected chi connectivity index (χ0v) is 11.7. The fourth-order valence-corrected chi connectivity index (χ4v) is 3.97. The second kappa shape index (κ2) is 4.49. The largest absolute Gasteiger partial charge is 0.384 e. The highest BCUT2D eigenvalue weighted by Gasteiger charge is 2.43. The van der Waals surface area contributed by atoms with Crippen LogP contribution < -0.4 is 0 Å². The minimum Gasteiger partial charge on any atom is -0.384 e. The average molecular weight is 272 g/mol. The second-order valence-electron chi connectivity index (χ2n) is 5.92. The van der Waals surface area contributed by atoms with Crippen molar-refractivity contribution in [1.29, 1.82) is 0 Å². The van der Waals surface area contributed by atoms with E-state index in [1.807, 2.05) is 13.8 Å². The van der Waals surface area contributed by atoms with Gasteiger partial charge in [0.15, 0.2) is 0 Å². The van der Waals surface area contributed by atoms with Crippen LogP contribution in [0.2, 0.25) is 0 Å². The molecule has 0 radical (unpaired) electrons. The van der Waals surface area contributed by atoms with Crippen LogP contribution in [0.25, 0.3) is 0 Å². The van der Waals surface area contributed by atoms with E-state index in [9.17, 15) is 13.9 Å². The van der Waals surface area contributed by atoms with Crippen LogP contribution in [0, 0.1) is 24.0 Å². The summed E-state index contributed by atoms with van der Waals surface area (Å²) >= 11 is 1.54. The molecule has 1 fully saturated rings. The van der Waals surface area contributed by atoms with Gasteiger partial charge >= 0.3 is 0 Å². The van der Waals surface area contributed by atoms with Crippen molar-refractivity contribution in [2.75, 3.05) is 11.5 Å². The third-order valence-electron chi connectivity index (χ3n) is 3.35. The minimum absolute atomic E-state index is 0.125. The Morgan fingerprint density at radius 3 is 2.50 bits per heavy atom. The lowest BCUT2D eigenvalue weighted by Gasteiger charge is -2.41. The number of aliphatic hydroxyl groups is 1. The van der Waals surface area contributed by atoms with Gasteiger partial charge in [0.2, 0.25) is 0 Å². The first-order chi connectivity index (χ1) is 8.25. The van der Waals surface area contributed by atoms with Gasteiger partial charge in [-0.15, -0.1) is 0 Å². The zero-order chi connectivity index (χ0) is 13.6. The number of rotatable bonds is 1. The lowest BCUT2D eigenvalue weighted by atomic mass is 9.78. The number of aryl methyl sites for hydroxylation is 1. The Morgan fingerprint density at radius 1 is 1.22 bits per heavy atom. The Bertz CT molecular complexity index is 473. The van der Waals surface area contributed by atoms with E-state index in [0.717, 1.165) is 5.75 Å². The molecule has 1 saturated heterocycles. The van der Waals surface area contributed by atoms with Crippen molar-refractivity contribution in [3.63, 3.8) is 0 Å². The van der Waals surface area contributed by atoms with Gasteiger partial charge in [0.25, 0.3) is 0 Å².